The van der Waals surface area contributed by atoms with Crippen LogP contribution in [0.2, 0.25) is 5.02 Å². The summed E-state index contributed by atoms with van der Waals surface area (Å²) in [5, 5.41) is 0.559. The van der Waals surface area contributed by atoms with Crippen molar-refractivity contribution in [1.82, 2.24) is 4.90 Å². The second kappa shape index (κ2) is 10.6. The van der Waals surface area contributed by atoms with E-state index in [0.29, 0.717) is 16.5 Å². The smallest absolute Gasteiger partial charge is 0.257 e. The largest absolute Gasteiger partial charge is 0.497 e. The van der Waals surface area contributed by atoms with E-state index >= 15 is 0 Å². The van der Waals surface area contributed by atoms with Gasteiger partial charge in [0.2, 0.25) is 11.8 Å². The predicted molar refractivity (Wildman–Crippen MR) is 119 cm³/mol. The van der Waals surface area contributed by atoms with Gasteiger partial charge in [0.05, 0.1) is 32.2 Å². The fourth-order valence-electron chi connectivity index (χ4n) is 3.55. The molecular formula is C23H25ClN2O6. The molecule has 9 heteroatoms. The first-order valence-corrected chi connectivity index (χ1v) is 10.4. The van der Waals surface area contributed by atoms with Crippen LogP contribution in [-0.2, 0) is 30.3 Å². The molecule has 32 heavy (non-hydrogen) atoms. The molecule has 0 spiro atoms. The lowest BCUT2D eigenvalue weighted by Gasteiger charge is -2.30. The van der Waals surface area contributed by atoms with Gasteiger partial charge < -0.3 is 19.1 Å². The van der Waals surface area contributed by atoms with Crippen molar-refractivity contribution in [2.75, 3.05) is 32.8 Å². The number of anilines is 1. The molecule has 0 bridgehead atoms. The number of nitrogens with zero attached hydrogens (tertiary/aromatic N) is 2. The Morgan fingerprint density at radius 3 is 2.25 bits per heavy atom. The lowest BCUT2D eigenvalue weighted by Crippen LogP contribution is -2.49. The molecule has 1 heterocycles. The van der Waals surface area contributed by atoms with Gasteiger partial charge in [-0.05, 0) is 42.0 Å². The van der Waals surface area contributed by atoms with Crippen LogP contribution in [0.15, 0.2) is 48.5 Å². The molecule has 8 nitrogen and oxygen atoms in total. The minimum Gasteiger partial charge on any atom is -0.497 e. The van der Waals surface area contributed by atoms with Crippen molar-refractivity contribution < 1.29 is 28.6 Å². The Labute approximate surface area is 191 Å². The minimum atomic E-state index is -0.961. The summed E-state index contributed by atoms with van der Waals surface area (Å²) in [6.07, 6.45) is -0.836. The highest BCUT2D eigenvalue weighted by Gasteiger charge is 2.44. The minimum absolute atomic E-state index is 0.000434. The molecule has 2 aromatic carbocycles. The van der Waals surface area contributed by atoms with Gasteiger partial charge in [0, 0.05) is 19.2 Å². The van der Waals surface area contributed by atoms with Crippen LogP contribution in [0.25, 0.3) is 0 Å². The fourth-order valence-corrected chi connectivity index (χ4v) is 3.68. The van der Waals surface area contributed by atoms with E-state index in [2.05, 4.69) is 0 Å². The number of carbonyl (C=O) groups is 3. The third-order valence-corrected chi connectivity index (χ3v) is 5.54. The summed E-state index contributed by atoms with van der Waals surface area (Å²) >= 11 is 5.93. The molecule has 1 atom stereocenters. The van der Waals surface area contributed by atoms with Crippen molar-refractivity contribution in [3.8, 4) is 5.75 Å². The van der Waals surface area contributed by atoms with Gasteiger partial charge in [0.15, 0.2) is 6.29 Å². The van der Waals surface area contributed by atoms with Crippen LogP contribution < -0.4 is 9.64 Å². The molecule has 170 valence electrons. The molecule has 3 amide bonds. The van der Waals surface area contributed by atoms with Crippen molar-refractivity contribution in [1.29, 1.82) is 0 Å². The zero-order valence-corrected chi connectivity index (χ0v) is 18.9. The number of benzene rings is 2. The number of ether oxygens (including phenoxy) is 3. The number of hydrogen-bond acceptors (Lipinski definition) is 6. The van der Waals surface area contributed by atoms with Crippen LogP contribution in [0, 0.1) is 0 Å². The molecule has 3 rings (SSSR count). The average molecular weight is 461 g/mol. The molecule has 1 saturated heterocycles. The van der Waals surface area contributed by atoms with E-state index in [1.807, 2.05) is 0 Å². The molecule has 0 N–H and O–H groups in total. The zero-order chi connectivity index (χ0) is 23.3. The van der Waals surface area contributed by atoms with Crippen molar-refractivity contribution in [3.63, 3.8) is 0 Å². The van der Waals surface area contributed by atoms with Gasteiger partial charge in [-0.3, -0.25) is 14.4 Å². The second-order valence-electron chi connectivity index (χ2n) is 7.24. The van der Waals surface area contributed by atoms with E-state index in [1.54, 1.807) is 48.5 Å². The Morgan fingerprint density at radius 1 is 1.06 bits per heavy atom. The maximum Gasteiger partial charge on any atom is 0.257 e. The Hall–Kier alpha value is -2.94. The lowest BCUT2D eigenvalue weighted by molar-refractivity contribution is -0.152. The third-order valence-electron chi connectivity index (χ3n) is 5.29. The van der Waals surface area contributed by atoms with Gasteiger partial charge in [-0.25, -0.2) is 4.90 Å². The maximum absolute atomic E-state index is 13.3. The topological polar surface area (TPSA) is 85.4 Å². The number of amides is 3. The highest BCUT2D eigenvalue weighted by Crippen LogP contribution is 2.28. The number of rotatable bonds is 9. The third kappa shape index (κ3) is 5.27. The molecule has 0 saturated carbocycles. The van der Waals surface area contributed by atoms with E-state index in [4.69, 9.17) is 25.8 Å². The van der Waals surface area contributed by atoms with Crippen molar-refractivity contribution in [2.24, 2.45) is 0 Å². The predicted octanol–water partition coefficient (Wildman–Crippen LogP) is 2.67. The number of hydrogen-bond donors (Lipinski definition) is 0. The van der Waals surface area contributed by atoms with E-state index in [-0.39, 0.29) is 31.2 Å². The lowest BCUT2D eigenvalue weighted by atomic mass is 10.1. The Balaban J connectivity index is 1.85. The van der Waals surface area contributed by atoms with Gasteiger partial charge in [-0.1, -0.05) is 23.7 Å². The van der Waals surface area contributed by atoms with E-state index in [1.165, 1.54) is 26.2 Å². The van der Waals surface area contributed by atoms with Crippen LogP contribution in [0.5, 0.6) is 5.75 Å². The highest BCUT2D eigenvalue weighted by molar-refractivity contribution is 6.30. The van der Waals surface area contributed by atoms with Gasteiger partial charge in [0.1, 0.15) is 11.8 Å². The zero-order valence-electron chi connectivity index (χ0n) is 18.1. The van der Waals surface area contributed by atoms with Crippen molar-refractivity contribution in [2.45, 2.75) is 25.2 Å². The molecule has 0 aromatic heterocycles. The first-order chi connectivity index (χ1) is 15.4. The quantitative estimate of drug-likeness (QED) is 0.422. The molecule has 1 unspecified atom stereocenters. The van der Waals surface area contributed by atoms with Crippen molar-refractivity contribution >= 4 is 35.0 Å². The van der Waals surface area contributed by atoms with Gasteiger partial charge in [-0.2, -0.15) is 0 Å². The summed E-state index contributed by atoms with van der Waals surface area (Å²) in [6, 6.07) is 12.5. The number of carbonyl (C=O) groups excluding carboxylic acids is 3. The number of imide groups is 1. The summed E-state index contributed by atoms with van der Waals surface area (Å²) in [4.78, 5) is 41.7. The fraction of sp³-hybridized carbons (Fsp3) is 0.348. The molecule has 0 radical (unpaired) electrons. The standard InChI is InChI=1S/C23H25ClN2O6/c1-30-18-10-8-17(9-11-18)26-21(28)13-19(23(26)29)25(14-22(31-2)32-3)20(27)12-15-4-6-16(24)7-5-15/h4-11,19,22H,12-14H2,1-3H3. The van der Waals surface area contributed by atoms with Crippen LogP contribution in [0.4, 0.5) is 5.69 Å². The van der Waals surface area contributed by atoms with Crippen LogP contribution >= 0.6 is 11.6 Å². The van der Waals surface area contributed by atoms with Gasteiger partial charge in [0.25, 0.3) is 5.91 Å². The summed E-state index contributed by atoms with van der Waals surface area (Å²) in [6.45, 7) is -0.000434. The monoisotopic (exact) mass is 460 g/mol. The molecule has 1 aliphatic heterocycles. The second-order valence-corrected chi connectivity index (χ2v) is 7.67. The molecule has 1 fully saturated rings. The van der Waals surface area contributed by atoms with Gasteiger partial charge >= 0.3 is 0 Å². The summed E-state index contributed by atoms with van der Waals surface area (Å²) in [7, 11) is 4.42. The first-order valence-electron chi connectivity index (χ1n) is 9.98. The molecule has 0 aliphatic carbocycles. The molecular weight excluding hydrogens is 436 g/mol. The van der Waals surface area contributed by atoms with E-state index in [0.717, 1.165) is 10.5 Å². The summed E-state index contributed by atoms with van der Waals surface area (Å²) < 4.78 is 15.6. The van der Waals surface area contributed by atoms with E-state index in [9.17, 15) is 14.4 Å². The average Bonchev–Trinajstić information content (AvgIpc) is 3.09. The Morgan fingerprint density at radius 2 is 1.69 bits per heavy atom. The van der Waals surface area contributed by atoms with E-state index < -0.39 is 18.2 Å². The van der Waals surface area contributed by atoms with Crippen LogP contribution in [-0.4, -0.2) is 62.8 Å². The highest BCUT2D eigenvalue weighted by atomic mass is 35.5. The SMILES string of the molecule is COc1ccc(N2C(=O)CC(N(CC(OC)OC)C(=O)Cc3ccc(Cl)cc3)C2=O)cc1. The number of methoxy groups -OCH3 is 3. The Bertz CT molecular complexity index is 959. The first kappa shape index (κ1) is 23.7. The maximum atomic E-state index is 13.3. The number of halogens is 1. The Kier molecular flexibility index (Phi) is 7.84. The molecule has 2 aromatic rings. The van der Waals surface area contributed by atoms with Crippen LogP contribution in [0.3, 0.4) is 0 Å². The summed E-state index contributed by atoms with van der Waals surface area (Å²) in [5.41, 5.74) is 1.16. The normalized spacial score (nSPS) is 16.0. The molecule has 1 aliphatic rings. The summed E-state index contributed by atoms with van der Waals surface area (Å²) in [5.74, 6) is -0.585. The van der Waals surface area contributed by atoms with Crippen molar-refractivity contribution in [3.05, 3.63) is 59.1 Å². The van der Waals surface area contributed by atoms with Gasteiger partial charge in [-0.15, -0.1) is 0 Å². The van der Waals surface area contributed by atoms with Crippen LogP contribution in [0.1, 0.15) is 12.0 Å².